The van der Waals surface area contributed by atoms with E-state index < -0.39 is 0 Å². The number of aliphatic imine (C=N–C) groups is 1. The molecular formula is C21H29N3O2. The first-order valence-corrected chi connectivity index (χ1v) is 8.87. The lowest BCUT2D eigenvalue weighted by atomic mass is 10.1. The van der Waals surface area contributed by atoms with Gasteiger partial charge in [-0.1, -0.05) is 35.9 Å². The Labute approximate surface area is 156 Å². The topological polar surface area (TPSA) is 54.9 Å². The molecule has 0 radical (unpaired) electrons. The summed E-state index contributed by atoms with van der Waals surface area (Å²) in [5.41, 5.74) is 3.81. The maximum absolute atomic E-state index is 5.35. The Balaban J connectivity index is 1.76. The maximum atomic E-state index is 5.35. The van der Waals surface area contributed by atoms with Crippen molar-refractivity contribution in [3.05, 3.63) is 59.2 Å². The van der Waals surface area contributed by atoms with Gasteiger partial charge in [0.2, 0.25) is 0 Å². The van der Waals surface area contributed by atoms with Crippen molar-refractivity contribution in [2.24, 2.45) is 4.99 Å². The zero-order chi connectivity index (χ0) is 18.8. The van der Waals surface area contributed by atoms with Gasteiger partial charge in [0.05, 0.1) is 14.2 Å². The number of ether oxygens (including phenoxy) is 2. The average molecular weight is 355 g/mol. The molecule has 5 nitrogen and oxygen atoms in total. The van der Waals surface area contributed by atoms with E-state index in [4.69, 9.17) is 9.47 Å². The summed E-state index contributed by atoms with van der Waals surface area (Å²) in [6.45, 7) is 3.75. The lowest BCUT2D eigenvalue weighted by molar-refractivity contribution is 0.354. The molecule has 0 bridgehead atoms. The van der Waals surface area contributed by atoms with E-state index in [0.717, 1.165) is 43.4 Å². The van der Waals surface area contributed by atoms with Crippen LogP contribution in [0.15, 0.2) is 47.5 Å². The Hall–Kier alpha value is -2.69. The van der Waals surface area contributed by atoms with E-state index in [1.165, 1.54) is 16.7 Å². The highest BCUT2D eigenvalue weighted by Gasteiger charge is 2.05. The number of hydrogen-bond donors (Lipinski definition) is 2. The van der Waals surface area contributed by atoms with Crippen molar-refractivity contribution >= 4 is 5.96 Å². The van der Waals surface area contributed by atoms with E-state index in [1.54, 1.807) is 21.3 Å². The number of nitrogens with zero attached hydrogens (tertiary/aromatic N) is 1. The van der Waals surface area contributed by atoms with E-state index in [2.05, 4.69) is 52.9 Å². The molecule has 0 atom stereocenters. The monoisotopic (exact) mass is 355 g/mol. The number of rotatable bonds is 8. The Morgan fingerprint density at radius 3 is 2.12 bits per heavy atom. The van der Waals surface area contributed by atoms with Crippen molar-refractivity contribution in [3.63, 3.8) is 0 Å². The molecule has 0 aromatic heterocycles. The molecule has 2 N–H and O–H groups in total. The summed E-state index contributed by atoms with van der Waals surface area (Å²) in [7, 11) is 5.09. The molecule has 0 heterocycles. The molecule has 2 rings (SSSR count). The van der Waals surface area contributed by atoms with Crippen LogP contribution >= 0.6 is 0 Å². The van der Waals surface area contributed by atoms with Crippen molar-refractivity contribution in [3.8, 4) is 11.5 Å². The Bertz CT molecular complexity index is 729. The van der Waals surface area contributed by atoms with Gasteiger partial charge >= 0.3 is 0 Å². The van der Waals surface area contributed by atoms with Gasteiger partial charge in [-0.2, -0.15) is 0 Å². The molecule has 0 aliphatic carbocycles. The van der Waals surface area contributed by atoms with Gasteiger partial charge in [-0.15, -0.1) is 0 Å². The molecule has 0 aliphatic rings. The predicted octanol–water partition coefficient (Wildman–Crippen LogP) is 2.96. The first-order chi connectivity index (χ1) is 12.7. The second kappa shape index (κ2) is 10.3. The Morgan fingerprint density at radius 2 is 1.54 bits per heavy atom. The number of nitrogens with one attached hydrogen (secondary N) is 2. The van der Waals surface area contributed by atoms with Crippen LogP contribution in [0.4, 0.5) is 0 Å². The molecule has 0 amide bonds. The lowest BCUT2D eigenvalue weighted by Gasteiger charge is -2.13. The summed E-state index contributed by atoms with van der Waals surface area (Å²) in [4.78, 5) is 4.28. The highest BCUT2D eigenvalue weighted by molar-refractivity contribution is 5.79. The third-order valence-electron chi connectivity index (χ3n) is 4.17. The standard InChI is InChI=1S/C21H29N3O2/c1-16-6-5-7-17(14-16)10-12-23-21(22-2)24-13-11-18-8-9-19(25-3)20(15-18)26-4/h5-9,14-15H,10-13H2,1-4H3,(H2,22,23,24). The number of hydrogen-bond acceptors (Lipinski definition) is 3. The quantitative estimate of drug-likeness (QED) is 0.565. The first kappa shape index (κ1) is 19.6. The fourth-order valence-corrected chi connectivity index (χ4v) is 2.77. The Kier molecular flexibility index (Phi) is 7.80. The fraction of sp³-hybridized carbons (Fsp3) is 0.381. The Morgan fingerprint density at radius 1 is 0.885 bits per heavy atom. The fourth-order valence-electron chi connectivity index (χ4n) is 2.77. The van der Waals surface area contributed by atoms with Gasteiger partial charge in [0.15, 0.2) is 17.5 Å². The van der Waals surface area contributed by atoms with E-state index in [0.29, 0.717) is 0 Å². The minimum Gasteiger partial charge on any atom is -0.493 e. The summed E-state index contributed by atoms with van der Waals surface area (Å²) < 4.78 is 10.6. The smallest absolute Gasteiger partial charge is 0.190 e. The molecule has 26 heavy (non-hydrogen) atoms. The number of guanidine groups is 1. The molecule has 2 aromatic carbocycles. The highest BCUT2D eigenvalue weighted by atomic mass is 16.5. The van der Waals surface area contributed by atoms with Gasteiger partial charge < -0.3 is 20.1 Å². The van der Waals surface area contributed by atoms with Crippen LogP contribution in [0.1, 0.15) is 16.7 Å². The lowest BCUT2D eigenvalue weighted by Crippen LogP contribution is -2.39. The van der Waals surface area contributed by atoms with Gasteiger partial charge in [0, 0.05) is 20.1 Å². The van der Waals surface area contributed by atoms with Crippen molar-refractivity contribution in [1.29, 1.82) is 0 Å². The van der Waals surface area contributed by atoms with Gasteiger partial charge in [-0.05, 0) is 43.0 Å². The zero-order valence-corrected chi connectivity index (χ0v) is 16.1. The summed E-state index contributed by atoms with van der Waals surface area (Å²) in [5, 5.41) is 6.71. The summed E-state index contributed by atoms with van der Waals surface area (Å²) in [6.07, 6.45) is 1.84. The van der Waals surface area contributed by atoms with Crippen molar-refractivity contribution in [1.82, 2.24) is 10.6 Å². The molecule has 2 aromatic rings. The third kappa shape index (κ3) is 5.99. The van der Waals surface area contributed by atoms with Crippen LogP contribution in [0.3, 0.4) is 0 Å². The molecule has 0 saturated carbocycles. The van der Waals surface area contributed by atoms with Crippen molar-refractivity contribution in [2.45, 2.75) is 19.8 Å². The largest absolute Gasteiger partial charge is 0.493 e. The molecule has 5 heteroatoms. The first-order valence-electron chi connectivity index (χ1n) is 8.87. The minimum absolute atomic E-state index is 0.748. The number of aryl methyl sites for hydroxylation is 1. The van der Waals surface area contributed by atoms with Crippen molar-refractivity contribution < 1.29 is 9.47 Å². The summed E-state index contributed by atoms with van der Waals surface area (Å²) in [5.74, 6) is 2.32. The molecule has 140 valence electrons. The van der Waals surface area contributed by atoms with Crippen LogP contribution in [-0.4, -0.2) is 40.3 Å². The van der Waals surface area contributed by atoms with Gasteiger partial charge in [-0.25, -0.2) is 0 Å². The SMILES string of the molecule is CN=C(NCCc1cccc(C)c1)NCCc1ccc(OC)c(OC)c1. The highest BCUT2D eigenvalue weighted by Crippen LogP contribution is 2.27. The normalized spacial score (nSPS) is 11.2. The summed E-state index contributed by atoms with van der Waals surface area (Å²) >= 11 is 0. The van der Waals surface area contributed by atoms with E-state index in [1.807, 2.05) is 12.1 Å². The van der Waals surface area contributed by atoms with Gasteiger partial charge in [-0.3, -0.25) is 4.99 Å². The van der Waals surface area contributed by atoms with Gasteiger partial charge in [0.25, 0.3) is 0 Å². The molecule has 0 aliphatic heterocycles. The van der Waals surface area contributed by atoms with Crippen LogP contribution in [0.5, 0.6) is 11.5 Å². The predicted molar refractivity (Wildman–Crippen MR) is 107 cm³/mol. The molecule has 0 fully saturated rings. The minimum atomic E-state index is 0.748. The van der Waals surface area contributed by atoms with Crippen LogP contribution in [0.2, 0.25) is 0 Å². The van der Waals surface area contributed by atoms with E-state index in [-0.39, 0.29) is 0 Å². The molecule has 0 unspecified atom stereocenters. The van der Waals surface area contributed by atoms with Crippen molar-refractivity contribution in [2.75, 3.05) is 34.4 Å². The number of methoxy groups -OCH3 is 2. The van der Waals surface area contributed by atoms with E-state index >= 15 is 0 Å². The average Bonchev–Trinajstić information content (AvgIpc) is 2.66. The second-order valence-corrected chi connectivity index (χ2v) is 6.10. The summed E-state index contributed by atoms with van der Waals surface area (Å²) in [6, 6.07) is 14.6. The molecule has 0 spiro atoms. The van der Waals surface area contributed by atoms with E-state index in [9.17, 15) is 0 Å². The van der Waals surface area contributed by atoms with Crippen LogP contribution in [-0.2, 0) is 12.8 Å². The van der Waals surface area contributed by atoms with Gasteiger partial charge in [0.1, 0.15) is 0 Å². The van der Waals surface area contributed by atoms with Crippen LogP contribution in [0.25, 0.3) is 0 Å². The van der Waals surface area contributed by atoms with Crippen LogP contribution in [0, 0.1) is 6.92 Å². The second-order valence-electron chi connectivity index (χ2n) is 6.10. The number of benzene rings is 2. The molecular weight excluding hydrogens is 326 g/mol. The van der Waals surface area contributed by atoms with Crippen LogP contribution < -0.4 is 20.1 Å². The third-order valence-corrected chi connectivity index (χ3v) is 4.17. The zero-order valence-electron chi connectivity index (χ0n) is 16.1. The maximum Gasteiger partial charge on any atom is 0.190 e. The molecule has 0 saturated heterocycles.